The van der Waals surface area contributed by atoms with Gasteiger partial charge in [-0.2, -0.15) is 0 Å². The first-order valence-electron chi connectivity index (χ1n) is 6.28. The highest BCUT2D eigenvalue weighted by Gasteiger charge is 2.22. The van der Waals surface area contributed by atoms with E-state index in [9.17, 15) is 4.79 Å². The van der Waals surface area contributed by atoms with Gasteiger partial charge in [0, 0.05) is 7.05 Å². The highest BCUT2D eigenvalue weighted by Crippen LogP contribution is 2.29. The lowest BCUT2D eigenvalue weighted by molar-refractivity contribution is 0.0589. The van der Waals surface area contributed by atoms with Crippen molar-refractivity contribution >= 4 is 11.8 Å². The Morgan fingerprint density at radius 2 is 1.74 bits per heavy atom. The molecule has 1 aromatic carbocycles. The number of carbonyl (C=O) groups excluding carboxylic acids is 1. The van der Waals surface area contributed by atoms with E-state index < -0.39 is 5.60 Å². The molecule has 0 aromatic heterocycles. The third kappa shape index (κ3) is 3.63. The van der Waals surface area contributed by atoms with Gasteiger partial charge in [0.05, 0.1) is 12.8 Å². The fourth-order valence-corrected chi connectivity index (χ4v) is 1.79. The van der Waals surface area contributed by atoms with E-state index in [2.05, 4.69) is 0 Å². The lowest BCUT2D eigenvalue weighted by Gasteiger charge is -2.26. The molecule has 0 saturated carbocycles. The maximum Gasteiger partial charge on any atom is 0.414 e. The van der Waals surface area contributed by atoms with Crippen LogP contribution in [-0.2, 0) is 4.74 Å². The van der Waals surface area contributed by atoms with Crippen LogP contribution >= 0.6 is 0 Å². The molecule has 0 saturated heterocycles. The standard InChI is InChI=1S/C15H23NO3/c1-10-11(2)13(18-7)9-8-12(10)16(6)14(17)19-15(3,4)5/h8-9H,1-7H3. The number of benzene rings is 1. The Morgan fingerprint density at radius 1 is 1.16 bits per heavy atom. The smallest absolute Gasteiger partial charge is 0.414 e. The van der Waals surface area contributed by atoms with Gasteiger partial charge in [-0.1, -0.05) is 0 Å². The number of ether oxygens (including phenoxy) is 2. The molecular formula is C15H23NO3. The van der Waals surface area contributed by atoms with Gasteiger partial charge < -0.3 is 9.47 Å². The Labute approximate surface area is 115 Å². The molecule has 4 heteroatoms. The fourth-order valence-electron chi connectivity index (χ4n) is 1.79. The minimum atomic E-state index is -0.499. The van der Waals surface area contributed by atoms with E-state index in [1.807, 2.05) is 46.8 Å². The van der Waals surface area contributed by atoms with Gasteiger partial charge in [-0.25, -0.2) is 4.79 Å². The Morgan fingerprint density at radius 3 is 2.21 bits per heavy atom. The van der Waals surface area contributed by atoms with Crippen molar-refractivity contribution in [3.05, 3.63) is 23.3 Å². The lowest BCUT2D eigenvalue weighted by Crippen LogP contribution is -2.34. The second kappa shape index (κ2) is 5.51. The van der Waals surface area contributed by atoms with Gasteiger partial charge in [-0.05, 0) is 57.9 Å². The summed E-state index contributed by atoms with van der Waals surface area (Å²) in [6.45, 7) is 9.50. The van der Waals surface area contributed by atoms with Crippen LogP contribution in [0.5, 0.6) is 5.75 Å². The predicted octanol–water partition coefficient (Wildman–Crippen LogP) is 3.68. The average molecular weight is 265 g/mol. The molecule has 0 aliphatic heterocycles. The number of nitrogens with zero attached hydrogens (tertiary/aromatic N) is 1. The zero-order chi connectivity index (χ0) is 14.8. The zero-order valence-corrected chi connectivity index (χ0v) is 12.8. The molecule has 0 aliphatic carbocycles. The molecule has 0 N–H and O–H groups in total. The van der Waals surface area contributed by atoms with E-state index in [1.54, 1.807) is 14.2 Å². The molecule has 1 amide bonds. The van der Waals surface area contributed by atoms with E-state index in [-0.39, 0.29) is 6.09 Å². The topological polar surface area (TPSA) is 38.8 Å². The summed E-state index contributed by atoms with van der Waals surface area (Å²) in [6.07, 6.45) is -0.361. The molecule has 19 heavy (non-hydrogen) atoms. The van der Waals surface area contributed by atoms with Gasteiger partial charge in [0.15, 0.2) is 0 Å². The second-order valence-corrected chi connectivity index (χ2v) is 5.58. The van der Waals surface area contributed by atoms with Crippen LogP contribution in [0.25, 0.3) is 0 Å². The SMILES string of the molecule is COc1ccc(N(C)C(=O)OC(C)(C)C)c(C)c1C. The van der Waals surface area contributed by atoms with Gasteiger partial charge in [0.1, 0.15) is 11.4 Å². The van der Waals surface area contributed by atoms with Crippen LogP contribution in [0.4, 0.5) is 10.5 Å². The van der Waals surface area contributed by atoms with Crippen molar-refractivity contribution in [3.8, 4) is 5.75 Å². The monoisotopic (exact) mass is 265 g/mol. The van der Waals surface area contributed by atoms with Crippen molar-refractivity contribution in [2.24, 2.45) is 0 Å². The maximum atomic E-state index is 12.0. The molecular weight excluding hydrogens is 242 g/mol. The van der Waals surface area contributed by atoms with E-state index >= 15 is 0 Å². The third-order valence-corrected chi connectivity index (χ3v) is 2.96. The molecule has 0 heterocycles. The van der Waals surface area contributed by atoms with Crippen molar-refractivity contribution in [1.82, 2.24) is 0 Å². The number of methoxy groups -OCH3 is 1. The van der Waals surface area contributed by atoms with Crippen LogP contribution in [0, 0.1) is 13.8 Å². The summed E-state index contributed by atoms with van der Waals surface area (Å²) in [4.78, 5) is 13.6. The molecule has 0 radical (unpaired) electrons. The molecule has 0 bridgehead atoms. The van der Waals surface area contributed by atoms with E-state index in [1.165, 1.54) is 4.90 Å². The van der Waals surface area contributed by atoms with Crippen LogP contribution in [0.1, 0.15) is 31.9 Å². The average Bonchev–Trinajstić information content (AvgIpc) is 2.29. The maximum absolute atomic E-state index is 12.0. The summed E-state index contributed by atoms with van der Waals surface area (Å²) in [5.74, 6) is 0.818. The van der Waals surface area contributed by atoms with Crippen LogP contribution < -0.4 is 9.64 Å². The number of carbonyl (C=O) groups is 1. The van der Waals surface area contributed by atoms with Crippen LogP contribution in [0.15, 0.2) is 12.1 Å². The van der Waals surface area contributed by atoms with Crippen molar-refractivity contribution < 1.29 is 14.3 Å². The summed E-state index contributed by atoms with van der Waals surface area (Å²) in [6, 6.07) is 3.73. The van der Waals surface area contributed by atoms with Crippen LogP contribution in [0.2, 0.25) is 0 Å². The molecule has 0 spiro atoms. The van der Waals surface area contributed by atoms with Gasteiger partial charge in [0.25, 0.3) is 0 Å². The first kappa shape index (κ1) is 15.3. The highest BCUT2D eigenvalue weighted by molar-refractivity contribution is 5.88. The molecule has 1 aromatic rings. The van der Waals surface area contributed by atoms with Crippen molar-refractivity contribution in [2.45, 2.75) is 40.2 Å². The number of hydrogen-bond donors (Lipinski definition) is 0. The minimum absolute atomic E-state index is 0.361. The summed E-state index contributed by atoms with van der Waals surface area (Å²) < 4.78 is 10.6. The number of hydrogen-bond acceptors (Lipinski definition) is 3. The highest BCUT2D eigenvalue weighted by atomic mass is 16.6. The summed E-state index contributed by atoms with van der Waals surface area (Å²) in [5, 5.41) is 0. The zero-order valence-electron chi connectivity index (χ0n) is 12.8. The first-order valence-corrected chi connectivity index (χ1v) is 6.28. The summed E-state index contributed by atoms with van der Waals surface area (Å²) >= 11 is 0. The molecule has 1 rings (SSSR count). The van der Waals surface area contributed by atoms with Crippen molar-refractivity contribution in [2.75, 3.05) is 19.1 Å². The molecule has 0 aliphatic rings. The Hall–Kier alpha value is -1.71. The third-order valence-electron chi connectivity index (χ3n) is 2.96. The summed E-state index contributed by atoms with van der Waals surface area (Å²) in [5.41, 5.74) is 2.36. The Kier molecular flexibility index (Phi) is 4.45. The molecule has 106 valence electrons. The first-order chi connectivity index (χ1) is 8.67. The predicted molar refractivity (Wildman–Crippen MR) is 77.1 cm³/mol. The quantitative estimate of drug-likeness (QED) is 0.818. The number of amides is 1. The lowest BCUT2D eigenvalue weighted by atomic mass is 10.1. The normalized spacial score (nSPS) is 11.1. The van der Waals surface area contributed by atoms with Crippen LogP contribution in [-0.4, -0.2) is 25.9 Å². The Bertz CT molecular complexity index is 475. The number of rotatable bonds is 2. The van der Waals surface area contributed by atoms with Gasteiger partial charge in [-0.15, -0.1) is 0 Å². The molecule has 4 nitrogen and oxygen atoms in total. The van der Waals surface area contributed by atoms with Crippen LogP contribution in [0.3, 0.4) is 0 Å². The van der Waals surface area contributed by atoms with Crippen molar-refractivity contribution in [3.63, 3.8) is 0 Å². The largest absolute Gasteiger partial charge is 0.496 e. The summed E-state index contributed by atoms with van der Waals surface area (Å²) in [7, 11) is 3.35. The van der Waals surface area contributed by atoms with Crippen molar-refractivity contribution in [1.29, 1.82) is 0 Å². The Balaban J connectivity index is 3.04. The molecule has 0 unspecified atom stereocenters. The van der Waals surface area contributed by atoms with E-state index in [0.717, 1.165) is 22.6 Å². The van der Waals surface area contributed by atoms with Gasteiger partial charge in [0.2, 0.25) is 0 Å². The fraction of sp³-hybridized carbons (Fsp3) is 0.533. The van der Waals surface area contributed by atoms with Gasteiger partial charge >= 0.3 is 6.09 Å². The van der Waals surface area contributed by atoms with E-state index in [0.29, 0.717) is 0 Å². The second-order valence-electron chi connectivity index (χ2n) is 5.58. The number of anilines is 1. The minimum Gasteiger partial charge on any atom is -0.496 e. The molecule has 0 atom stereocenters. The van der Waals surface area contributed by atoms with Gasteiger partial charge in [-0.3, -0.25) is 4.90 Å². The van der Waals surface area contributed by atoms with E-state index in [4.69, 9.17) is 9.47 Å². The molecule has 0 fully saturated rings.